The Kier molecular flexibility index (Phi) is 2.70. The van der Waals surface area contributed by atoms with Crippen LogP contribution in [-0.4, -0.2) is 25.2 Å². The molecular formula is C7H15N3O. The lowest BCUT2D eigenvalue weighted by molar-refractivity contribution is 0.242. The molecule has 1 fully saturated rings. The Balaban J connectivity index is 2.28. The fourth-order valence-corrected chi connectivity index (χ4v) is 1.45. The van der Waals surface area contributed by atoms with E-state index in [0.717, 1.165) is 19.5 Å². The van der Waals surface area contributed by atoms with Crippen LogP contribution in [0, 0.1) is 5.92 Å². The molecule has 64 valence electrons. The molecule has 11 heavy (non-hydrogen) atoms. The van der Waals surface area contributed by atoms with Gasteiger partial charge in [-0.3, -0.25) is 0 Å². The third-order valence-corrected chi connectivity index (χ3v) is 2.18. The van der Waals surface area contributed by atoms with Crippen molar-refractivity contribution >= 4 is 6.03 Å². The standard InChI is InChI=1S/C7H15N3O/c1-5(10-7(8)11)6-2-3-9-4-6/h5-6,9H,2-4H2,1H3,(H3,8,10,11). The molecule has 4 N–H and O–H groups in total. The van der Waals surface area contributed by atoms with Crippen LogP contribution < -0.4 is 16.4 Å². The van der Waals surface area contributed by atoms with E-state index >= 15 is 0 Å². The molecule has 0 aromatic carbocycles. The summed E-state index contributed by atoms with van der Waals surface area (Å²) in [4.78, 5) is 10.5. The molecule has 1 aliphatic rings. The summed E-state index contributed by atoms with van der Waals surface area (Å²) in [5.41, 5.74) is 4.99. The predicted octanol–water partition coefficient (Wildman–Crippen LogP) is -0.347. The zero-order valence-electron chi connectivity index (χ0n) is 6.76. The van der Waals surface area contributed by atoms with Crippen molar-refractivity contribution in [3.05, 3.63) is 0 Å². The molecule has 0 radical (unpaired) electrons. The fourth-order valence-electron chi connectivity index (χ4n) is 1.45. The first kappa shape index (κ1) is 8.33. The molecule has 0 aromatic rings. The number of nitrogens with two attached hydrogens (primary N) is 1. The van der Waals surface area contributed by atoms with Gasteiger partial charge in [0.1, 0.15) is 0 Å². The maximum atomic E-state index is 10.5. The number of carbonyl (C=O) groups is 1. The van der Waals surface area contributed by atoms with Gasteiger partial charge in [0, 0.05) is 6.04 Å². The maximum Gasteiger partial charge on any atom is 0.312 e. The number of carbonyl (C=O) groups excluding carboxylic acids is 1. The minimum Gasteiger partial charge on any atom is -0.352 e. The summed E-state index contributed by atoms with van der Waals surface area (Å²) in [6.07, 6.45) is 1.13. The first-order chi connectivity index (χ1) is 5.20. The molecule has 0 aliphatic carbocycles. The molecule has 0 spiro atoms. The molecule has 2 atom stereocenters. The molecule has 2 unspecified atom stereocenters. The molecular weight excluding hydrogens is 142 g/mol. The van der Waals surface area contributed by atoms with Gasteiger partial charge in [-0.1, -0.05) is 0 Å². The number of amides is 2. The lowest BCUT2D eigenvalue weighted by Crippen LogP contribution is -2.41. The SMILES string of the molecule is CC(NC(N)=O)C1CCNC1. The lowest BCUT2D eigenvalue weighted by Gasteiger charge is -2.17. The van der Waals surface area contributed by atoms with Crippen molar-refractivity contribution in [2.75, 3.05) is 13.1 Å². The van der Waals surface area contributed by atoms with Crippen molar-refractivity contribution < 1.29 is 4.79 Å². The van der Waals surface area contributed by atoms with Crippen molar-refractivity contribution in [2.45, 2.75) is 19.4 Å². The van der Waals surface area contributed by atoms with Gasteiger partial charge in [0.2, 0.25) is 0 Å². The molecule has 4 nitrogen and oxygen atoms in total. The molecule has 0 aromatic heterocycles. The van der Waals surface area contributed by atoms with Gasteiger partial charge in [-0.05, 0) is 32.4 Å². The second kappa shape index (κ2) is 3.57. The van der Waals surface area contributed by atoms with Gasteiger partial charge < -0.3 is 16.4 Å². The largest absolute Gasteiger partial charge is 0.352 e. The predicted molar refractivity (Wildman–Crippen MR) is 43.2 cm³/mol. The second-order valence-corrected chi connectivity index (χ2v) is 3.05. The lowest BCUT2D eigenvalue weighted by atomic mass is 10.0. The highest BCUT2D eigenvalue weighted by molar-refractivity contribution is 5.71. The highest BCUT2D eigenvalue weighted by Crippen LogP contribution is 2.11. The minimum absolute atomic E-state index is 0.197. The molecule has 2 amide bonds. The zero-order chi connectivity index (χ0) is 8.27. The zero-order valence-corrected chi connectivity index (χ0v) is 6.76. The fraction of sp³-hybridized carbons (Fsp3) is 0.857. The van der Waals surface area contributed by atoms with E-state index in [-0.39, 0.29) is 6.04 Å². The Bertz CT molecular complexity index is 143. The van der Waals surface area contributed by atoms with Crippen LogP contribution >= 0.6 is 0 Å². The third-order valence-electron chi connectivity index (χ3n) is 2.18. The number of hydrogen-bond donors (Lipinski definition) is 3. The van der Waals surface area contributed by atoms with Gasteiger partial charge in [0.05, 0.1) is 0 Å². The first-order valence-electron chi connectivity index (χ1n) is 3.97. The number of rotatable bonds is 2. The Hall–Kier alpha value is -0.770. The van der Waals surface area contributed by atoms with Crippen LogP contribution in [0.15, 0.2) is 0 Å². The van der Waals surface area contributed by atoms with Gasteiger partial charge in [-0.2, -0.15) is 0 Å². The summed E-state index contributed by atoms with van der Waals surface area (Å²) in [6.45, 7) is 4.03. The average molecular weight is 157 g/mol. The molecule has 4 heteroatoms. The Morgan fingerprint density at radius 1 is 1.82 bits per heavy atom. The highest BCUT2D eigenvalue weighted by Gasteiger charge is 2.21. The van der Waals surface area contributed by atoms with Crippen LogP contribution in [0.5, 0.6) is 0 Å². The third kappa shape index (κ3) is 2.38. The number of primary amides is 1. The molecule has 1 rings (SSSR count). The van der Waals surface area contributed by atoms with Crippen LogP contribution in [-0.2, 0) is 0 Å². The van der Waals surface area contributed by atoms with Gasteiger partial charge >= 0.3 is 6.03 Å². The maximum absolute atomic E-state index is 10.5. The van der Waals surface area contributed by atoms with Gasteiger partial charge in [-0.25, -0.2) is 4.79 Å². The number of hydrogen-bond acceptors (Lipinski definition) is 2. The molecule has 1 aliphatic heterocycles. The quantitative estimate of drug-likeness (QED) is 0.513. The summed E-state index contributed by atoms with van der Waals surface area (Å²) >= 11 is 0. The van der Waals surface area contributed by atoms with Crippen LogP contribution in [0.1, 0.15) is 13.3 Å². The smallest absolute Gasteiger partial charge is 0.312 e. The van der Waals surface area contributed by atoms with Crippen LogP contribution in [0.2, 0.25) is 0 Å². The summed E-state index contributed by atoms with van der Waals surface area (Å²) in [6, 6.07) is -0.230. The average Bonchev–Trinajstić information content (AvgIpc) is 2.35. The van der Waals surface area contributed by atoms with E-state index in [2.05, 4.69) is 10.6 Å². The normalized spacial score (nSPS) is 26.5. The van der Waals surface area contributed by atoms with Crippen molar-refractivity contribution in [2.24, 2.45) is 11.7 Å². The van der Waals surface area contributed by atoms with E-state index in [1.807, 2.05) is 6.92 Å². The Morgan fingerprint density at radius 2 is 2.55 bits per heavy atom. The van der Waals surface area contributed by atoms with Crippen molar-refractivity contribution in [1.82, 2.24) is 10.6 Å². The van der Waals surface area contributed by atoms with E-state index in [1.54, 1.807) is 0 Å². The summed E-state index contributed by atoms with van der Waals surface area (Å²) in [5, 5.41) is 5.92. The Morgan fingerprint density at radius 3 is 3.00 bits per heavy atom. The van der Waals surface area contributed by atoms with Crippen molar-refractivity contribution in [3.63, 3.8) is 0 Å². The minimum atomic E-state index is -0.426. The van der Waals surface area contributed by atoms with Crippen LogP contribution in [0.25, 0.3) is 0 Å². The second-order valence-electron chi connectivity index (χ2n) is 3.05. The van der Waals surface area contributed by atoms with Crippen molar-refractivity contribution in [3.8, 4) is 0 Å². The highest BCUT2D eigenvalue weighted by atomic mass is 16.2. The van der Waals surface area contributed by atoms with E-state index < -0.39 is 6.03 Å². The first-order valence-corrected chi connectivity index (χ1v) is 3.97. The van der Waals surface area contributed by atoms with Gasteiger partial charge in [0.15, 0.2) is 0 Å². The van der Waals surface area contributed by atoms with E-state index in [9.17, 15) is 4.79 Å². The summed E-state index contributed by atoms with van der Waals surface area (Å²) in [7, 11) is 0. The molecule has 1 heterocycles. The van der Waals surface area contributed by atoms with E-state index in [4.69, 9.17) is 5.73 Å². The summed E-state index contributed by atoms with van der Waals surface area (Å²) < 4.78 is 0. The molecule has 0 bridgehead atoms. The summed E-state index contributed by atoms with van der Waals surface area (Å²) in [5.74, 6) is 0.544. The monoisotopic (exact) mass is 157 g/mol. The Labute approximate surface area is 66.5 Å². The topological polar surface area (TPSA) is 67.1 Å². The number of urea groups is 1. The van der Waals surface area contributed by atoms with Crippen LogP contribution in [0.3, 0.4) is 0 Å². The van der Waals surface area contributed by atoms with Gasteiger partial charge in [-0.15, -0.1) is 0 Å². The number of nitrogens with one attached hydrogen (secondary N) is 2. The van der Waals surface area contributed by atoms with Crippen molar-refractivity contribution in [1.29, 1.82) is 0 Å². The van der Waals surface area contributed by atoms with E-state index in [0.29, 0.717) is 5.92 Å². The van der Waals surface area contributed by atoms with Gasteiger partial charge in [0.25, 0.3) is 0 Å². The molecule has 0 saturated carbocycles. The molecule has 1 saturated heterocycles. The van der Waals surface area contributed by atoms with Crippen LogP contribution in [0.4, 0.5) is 4.79 Å². The van der Waals surface area contributed by atoms with E-state index in [1.165, 1.54) is 0 Å².